The van der Waals surface area contributed by atoms with E-state index in [1.165, 1.54) is 12.1 Å². The van der Waals surface area contributed by atoms with Gasteiger partial charge in [-0.05, 0) is 62.1 Å². The van der Waals surface area contributed by atoms with Gasteiger partial charge in [0.25, 0.3) is 5.91 Å². The number of amides is 1. The standard InChI is InChI=1S/C24H25ClF3NO6S2/c1-36(32,33)7-6-24(31)14-3-4-15(24)10-17(9-14)37(34,35)21-8-13(2-5-18(21)25)23(30)29-16-11-19(26)22(28)20(27)12-16/h2,5,8,11-12,14-15,17,31H,3-4,6-7,9-10H2,1H3,(H,29,30)/t14-,15?,17?,24?/m0/s1. The number of aliphatic hydroxyl groups is 1. The summed E-state index contributed by atoms with van der Waals surface area (Å²) in [5.41, 5.74) is -1.78. The van der Waals surface area contributed by atoms with E-state index in [-0.39, 0.29) is 46.2 Å². The summed E-state index contributed by atoms with van der Waals surface area (Å²) in [4.78, 5) is 12.4. The third-order valence-corrected chi connectivity index (χ3v) is 11.0. The SMILES string of the molecule is CS(=O)(=O)CCC1(O)C2CC[C@H]1CC(S(=O)(=O)c1cc(C(=O)Nc3cc(F)c(F)c(F)c3)ccc1Cl)C2. The largest absolute Gasteiger partial charge is 0.389 e. The Balaban J connectivity index is 1.56. The van der Waals surface area contributed by atoms with Crippen LogP contribution in [0.15, 0.2) is 35.2 Å². The molecule has 3 unspecified atom stereocenters. The monoisotopic (exact) mass is 579 g/mol. The van der Waals surface area contributed by atoms with Crippen LogP contribution in [0.1, 0.15) is 42.5 Å². The molecule has 4 atom stereocenters. The van der Waals surface area contributed by atoms with Gasteiger partial charge in [0.15, 0.2) is 27.3 Å². The number of halogens is 4. The van der Waals surface area contributed by atoms with Crippen molar-refractivity contribution in [2.24, 2.45) is 11.8 Å². The highest BCUT2D eigenvalue weighted by Gasteiger charge is 2.55. The van der Waals surface area contributed by atoms with Crippen molar-refractivity contribution in [1.82, 2.24) is 0 Å². The summed E-state index contributed by atoms with van der Waals surface area (Å²) < 4.78 is 90.6. The summed E-state index contributed by atoms with van der Waals surface area (Å²) in [5.74, 6) is -6.59. The Morgan fingerprint density at radius 3 is 2.16 bits per heavy atom. The maximum Gasteiger partial charge on any atom is 0.255 e. The number of benzene rings is 2. The van der Waals surface area contributed by atoms with E-state index in [1.807, 2.05) is 0 Å². The molecule has 2 aromatic rings. The minimum Gasteiger partial charge on any atom is -0.389 e. The smallest absolute Gasteiger partial charge is 0.255 e. The van der Waals surface area contributed by atoms with E-state index < -0.39 is 65.7 Å². The van der Waals surface area contributed by atoms with Gasteiger partial charge < -0.3 is 10.4 Å². The normalized spacial score (nSPS) is 25.7. The Bertz CT molecular complexity index is 1430. The first-order valence-corrected chi connectivity index (χ1v) is 15.5. The van der Waals surface area contributed by atoms with Crippen LogP contribution in [0.3, 0.4) is 0 Å². The van der Waals surface area contributed by atoms with Crippen LogP contribution in [0, 0.1) is 29.3 Å². The van der Waals surface area contributed by atoms with Crippen molar-refractivity contribution in [3.8, 4) is 0 Å². The molecule has 2 N–H and O–H groups in total. The number of rotatable bonds is 7. The molecule has 0 aromatic heterocycles. The molecule has 1 amide bonds. The van der Waals surface area contributed by atoms with Crippen molar-refractivity contribution in [3.05, 3.63) is 58.4 Å². The number of carbonyl (C=O) groups excluding carboxylic acids is 1. The first-order chi connectivity index (χ1) is 17.1. The van der Waals surface area contributed by atoms with Crippen LogP contribution in [-0.4, -0.2) is 50.7 Å². The maximum atomic E-state index is 13.6. The van der Waals surface area contributed by atoms with E-state index in [1.54, 1.807) is 0 Å². The van der Waals surface area contributed by atoms with E-state index in [0.29, 0.717) is 25.0 Å². The van der Waals surface area contributed by atoms with Gasteiger partial charge in [-0.3, -0.25) is 4.79 Å². The summed E-state index contributed by atoms with van der Waals surface area (Å²) in [6.07, 6.45) is 2.48. The van der Waals surface area contributed by atoms with Crippen molar-refractivity contribution in [2.75, 3.05) is 17.3 Å². The molecular formula is C24H25ClF3NO6S2. The Morgan fingerprint density at radius 2 is 1.62 bits per heavy atom. The van der Waals surface area contributed by atoms with Gasteiger partial charge >= 0.3 is 0 Å². The minimum absolute atomic E-state index is 0.0366. The third-order valence-electron chi connectivity index (χ3n) is 7.43. The van der Waals surface area contributed by atoms with Gasteiger partial charge in [0.05, 0.1) is 26.5 Å². The van der Waals surface area contributed by atoms with E-state index in [4.69, 9.17) is 11.6 Å². The zero-order valence-corrected chi connectivity index (χ0v) is 22.1. The quantitative estimate of drug-likeness (QED) is 0.476. The molecule has 2 fully saturated rings. The number of carbonyl (C=O) groups is 1. The highest BCUT2D eigenvalue weighted by atomic mass is 35.5. The van der Waals surface area contributed by atoms with Crippen molar-refractivity contribution in [3.63, 3.8) is 0 Å². The molecule has 2 bridgehead atoms. The second-order valence-electron chi connectivity index (χ2n) is 9.83. The Labute approximate surface area is 217 Å². The summed E-state index contributed by atoms with van der Waals surface area (Å²) in [6, 6.07) is 4.70. The lowest BCUT2D eigenvalue weighted by Crippen LogP contribution is -2.49. The number of hydrogen-bond donors (Lipinski definition) is 2. The van der Waals surface area contributed by atoms with Gasteiger partial charge in [0.2, 0.25) is 0 Å². The molecule has 0 spiro atoms. The number of anilines is 1. The predicted octanol–water partition coefficient (Wildman–Crippen LogP) is 4.14. The van der Waals surface area contributed by atoms with Crippen LogP contribution < -0.4 is 5.32 Å². The molecule has 37 heavy (non-hydrogen) atoms. The van der Waals surface area contributed by atoms with Crippen LogP contribution in [0.25, 0.3) is 0 Å². The molecule has 2 aliphatic carbocycles. The van der Waals surface area contributed by atoms with Gasteiger partial charge in [-0.2, -0.15) is 0 Å². The van der Waals surface area contributed by atoms with Gasteiger partial charge in [-0.15, -0.1) is 0 Å². The molecule has 0 heterocycles. The molecule has 7 nitrogen and oxygen atoms in total. The number of hydrogen-bond acceptors (Lipinski definition) is 6. The highest BCUT2D eigenvalue weighted by Crippen LogP contribution is 2.53. The predicted molar refractivity (Wildman–Crippen MR) is 131 cm³/mol. The van der Waals surface area contributed by atoms with Crippen LogP contribution in [-0.2, 0) is 19.7 Å². The van der Waals surface area contributed by atoms with Gasteiger partial charge in [-0.1, -0.05) is 11.6 Å². The first-order valence-electron chi connectivity index (χ1n) is 11.5. The van der Waals surface area contributed by atoms with Crippen molar-refractivity contribution < 1.29 is 39.9 Å². The minimum atomic E-state index is -4.07. The summed E-state index contributed by atoms with van der Waals surface area (Å²) >= 11 is 6.20. The average molecular weight is 580 g/mol. The molecule has 202 valence electrons. The highest BCUT2D eigenvalue weighted by molar-refractivity contribution is 7.92. The Morgan fingerprint density at radius 1 is 1.05 bits per heavy atom. The first kappa shape index (κ1) is 27.9. The fourth-order valence-electron chi connectivity index (χ4n) is 5.49. The summed E-state index contributed by atoms with van der Waals surface area (Å²) in [6.45, 7) is 0. The number of fused-ring (bicyclic) bond motifs is 2. The average Bonchev–Trinajstić information content (AvgIpc) is 2.97. The van der Waals surface area contributed by atoms with Gasteiger partial charge in [0.1, 0.15) is 9.84 Å². The zero-order valence-electron chi connectivity index (χ0n) is 19.7. The lowest BCUT2D eigenvalue weighted by Gasteiger charge is -2.42. The molecule has 2 saturated carbocycles. The molecule has 0 saturated heterocycles. The second-order valence-corrected chi connectivity index (χ2v) is 14.7. The van der Waals surface area contributed by atoms with Crippen LogP contribution in [0.5, 0.6) is 0 Å². The zero-order chi connectivity index (χ0) is 27.3. The van der Waals surface area contributed by atoms with Crippen molar-refractivity contribution >= 4 is 42.9 Å². The lowest BCUT2D eigenvalue weighted by molar-refractivity contribution is -0.0603. The molecule has 0 radical (unpaired) electrons. The lowest BCUT2D eigenvalue weighted by atomic mass is 9.73. The van der Waals surface area contributed by atoms with E-state index in [9.17, 15) is 39.9 Å². The van der Waals surface area contributed by atoms with Gasteiger partial charge in [-0.25, -0.2) is 30.0 Å². The molecule has 2 aliphatic rings. The van der Waals surface area contributed by atoms with Crippen molar-refractivity contribution in [2.45, 2.75) is 47.9 Å². The molecule has 2 aromatic carbocycles. The fraction of sp³-hybridized carbons (Fsp3) is 0.458. The van der Waals surface area contributed by atoms with E-state index >= 15 is 0 Å². The molecule has 4 rings (SSSR count). The fourth-order valence-corrected chi connectivity index (χ4v) is 8.59. The van der Waals surface area contributed by atoms with Crippen molar-refractivity contribution in [1.29, 1.82) is 0 Å². The molecule has 13 heteroatoms. The number of sulfone groups is 2. The summed E-state index contributed by atoms with van der Waals surface area (Å²) in [7, 11) is -7.38. The van der Waals surface area contributed by atoms with Gasteiger partial charge in [0, 0.05) is 29.6 Å². The van der Waals surface area contributed by atoms with E-state index in [2.05, 4.69) is 5.32 Å². The summed E-state index contributed by atoms with van der Waals surface area (Å²) in [5, 5.41) is 12.4. The topological polar surface area (TPSA) is 118 Å². The Hall–Kier alpha value is -2.15. The molecule has 0 aliphatic heterocycles. The maximum absolute atomic E-state index is 13.6. The third kappa shape index (κ3) is 5.52. The van der Waals surface area contributed by atoms with E-state index in [0.717, 1.165) is 12.3 Å². The van der Waals surface area contributed by atoms with Crippen LogP contribution in [0.4, 0.5) is 18.9 Å². The van der Waals surface area contributed by atoms with Crippen LogP contribution in [0.2, 0.25) is 5.02 Å². The Kier molecular flexibility index (Phi) is 7.43. The van der Waals surface area contributed by atoms with Crippen LogP contribution >= 0.6 is 11.6 Å². The molecular weight excluding hydrogens is 555 g/mol. The second kappa shape index (κ2) is 9.87. The number of nitrogens with one attached hydrogen (secondary N) is 1.